The third-order valence-electron chi connectivity index (χ3n) is 2.60. The first-order valence-electron chi connectivity index (χ1n) is 4.73. The van der Waals surface area contributed by atoms with Crippen LogP contribution < -0.4 is 10.1 Å². The molecule has 1 amide bonds. The molecule has 0 aliphatic carbocycles. The molecule has 0 atom stereocenters. The molecule has 0 saturated heterocycles. The van der Waals surface area contributed by atoms with E-state index in [0.717, 1.165) is 16.7 Å². The first-order chi connectivity index (χ1) is 7.40. The number of carbonyl (C=O) groups excluding carboxylic acids is 1. The molecular formula is C11H14ClNO2S. The van der Waals surface area contributed by atoms with E-state index < -0.39 is 5.24 Å². The van der Waals surface area contributed by atoms with Crippen LogP contribution in [-0.4, -0.2) is 12.3 Å². The Morgan fingerprint density at radius 3 is 2.25 bits per heavy atom. The van der Waals surface area contributed by atoms with Crippen molar-refractivity contribution in [2.24, 2.45) is 0 Å². The van der Waals surface area contributed by atoms with Gasteiger partial charge in [-0.05, 0) is 37.5 Å². The second kappa shape index (κ2) is 4.97. The Labute approximate surface area is 106 Å². The van der Waals surface area contributed by atoms with Gasteiger partial charge in [0, 0.05) is 5.02 Å². The lowest BCUT2D eigenvalue weighted by Crippen LogP contribution is -2.07. The molecule has 1 N–H and O–H groups in total. The number of carbonyl (C=O) groups is 1. The van der Waals surface area contributed by atoms with Crippen LogP contribution in [0.3, 0.4) is 0 Å². The summed E-state index contributed by atoms with van der Waals surface area (Å²) >= 11 is 9.86. The van der Waals surface area contributed by atoms with E-state index in [1.165, 1.54) is 0 Å². The van der Waals surface area contributed by atoms with E-state index in [1.54, 1.807) is 7.11 Å². The molecule has 1 aromatic carbocycles. The Morgan fingerprint density at radius 2 is 1.81 bits per heavy atom. The fraction of sp³-hybridized carbons (Fsp3) is 0.364. The number of hydrogen-bond acceptors (Lipinski definition) is 2. The van der Waals surface area contributed by atoms with Gasteiger partial charge in [0.05, 0.1) is 12.8 Å². The Balaban J connectivity index is 3.50. The van der Waals surface area contributed by atoms with Crippen molar-refractivity contribution in [2.45, 2.75) is 20.8 Å². The van der Waals surface area contributed by atoms with Gasteiger partial charge in [-0.15, -0.1) is 0 Å². The summed E-state index contributed by atoms with van der Waals surface area (Å²) in [5, 5.41) is 2.81. The maximum absolute atomic E-state index is 11.0. The molecule has 0 fully saturated rings. The molecule has 0 aliphatic heterocycles. The van der Waals surface area contributed by atoms with Crippen molar-refractivity contribution in [3.8, 4) is 5.75 Å². The SMILES string of the molecule is COc1c(C)c(C)c(Cl)c(C)c1NC(=O)S. The second-order valence-electron chi connectivity index (χ2n) is 3.53. The zero-order valence-electron chi connectivity index (χ0n) is 9.64. The Hall–Kier alpha value is -0.870. The van der Waals surface area contributed by atoms with E-state index in [9.17, 15) is 4.79 Å². The van der Waals surface area contributed by atoms with Gasteiger partial charge in [-0.3, -0.25) is 4.79 Å². The van der Waals surface area contributed by atoms with Gasteiger partial charge in [0.15, 0.2) is 0 Å². The van der Waals surface area contributed by atoms with Gasteiger partial charge >= 0.3 is 0 Å². The molecule has 0 radical (unpaired) electrons. The zero-order chi connectivity index (χ0) is 12.5. The van der Waals surface area contributed by atoms with E-state index in [-0.39, 0.29) is 0 Å². The number of nitrogens with one attached hydrogen (secondary N) is 1. The minimum atomic E-state index is -0.444. The van der Waals surface area contributed by atoms with E-state index >= 15 is 0 Å². The predicted octanol–water partition coefficient (Wildman–Crippen LogP) is 3.74. The van der Waals surface area contributed by atoms with Crippen molar-refractivity contribution < 1.29 is 9.53 Å². The molecule has 0 unspecified atom stereocenters. The van der Waals surface area contributed by atoms with Crippen molar-refractivity contribution in [2.75, 3.05) is 12.4 Å². The molecule has 88 valence electrons. The third-order valence-corrected chi connectivity index (χ3v) is 3.28. The molecule has 0 spiro atoms. The average molecular weight is 260 g/mol. The van der Waals surface area contributed by atoms with Crippen molar-refractivity contribution in [1.82, 2.24) is 0 Å². The topological polar surface area (TPSA) is 38.3 Å². The lowest BCUT2D eigenvalue weighted by Gasteiger charge is -2.18. The van der Waals surface area contributed by atoms with Gasteiger partial charge in [0.2, 0.25) is 0 Å². The fourth-order valence-corrected chi connectivity index (χ4v) is 1.94. The normalized spacial score (nSPS) is 10.1. The summed E-state index contributed by atoms with van der Waals surface area (Å²) in [4.78, 5) is 11.0. The number of benzene rings is 1. The summed E-state index contributed by atoms with van der Waals surface area (Å²) in [5.74, 6) is 0.627. The van der Waals surface area contributed by atoms with E-state index in [0.29, 0.717) is 16.5 Å². The maximum atomic E-state index is 11.0. The van der Waals surface area contributed by atoms with Gasteiger partial charge in [-0.25, -0.2) is 0 Å². The summed E-state index contributed by atoms with van der Waals surface area (Å²) in [6.07, 6.45) is 0. The molecule has 0 aliphatic rings. The summed E-state index contributed by atoms with van der Waals surface area (Å²) in [6, 6.07) is 0. The number of thiol groups is 1. The number of halogens is 1. The van der Waals surface area contributed by atoms with Crippen LogP contribution in [0.5, 0.6) is 5.75 Å². The van der Waals surface area contributed by atoms with Crippen molar-refractivity contribution in [3.63, 3.8) is 0 Å². The van der Waals surface area contributed by atoms with Gasteiger partial charge < -0.3 is 10.1 Å². The number of anilines is 1. The van der Waals surface area contributed by atoms with Gasteiger partial charge in [-0.1, -0.05) is 24.2 Å². The molecular weight excluding hydrogens is 246 g/mol. The van der Waals surface area contributed by atoms with Crippen molar-refractivity contribution >= 4 is 35.2 Å². The van der Waals surface area contributed by atoms with Crippen LogP contribution in [0.4, 0.5) is 10.5 Å². The fourth-order valence-electron chi connectivity index (χ4n) is 1.60. The number of rotatable bonds is 2. The Kier molecular flexibility index (Phi) is 4.10. The van der Waals surface area contributed by atoms with Crippen LogP contribution in [0, 0.1) is 20.8 Å². The molecule has 3 nitrogen and oxygen atoms in total. The first-order valence-corrected chi connectivity index (χ1v) is 5.55. The largest absolute Gasteiger partial charge is 0.494 e. The van der Waals surface area contributed by atoms with Crippen molar-refractivity contribution in [1.29, 1.82) is 0 Å². The van der Waals surface area contributed by atoms with Gasteiger partial charge in [-0.2, -0.15) is 0 Å². The third kappa shape index (κ3) is 2.28. The quantitative estimate of drug-likeness (QED) is 0.794. The molecule has 1 rings (SSSR count). The van der Waals surface area contributed by atoms with E-state index in [2.05, 4.69) is 17.9 Å². The highest BCUT2D eigenvalue weighted by Crippen LogP contribution is 2.39. The lowest BCUT2D eigenvalue weighted by molar-refractivity contribution is 0.270. The monoisotopic (exact) mass is 259 g/mol. The molecule has 1 aromatic rings. The predicted molar refractivity (Wildman–Crippen MR) is 70.2 cm³/mol. The molecule has 0 heterocycles. The van der Waals surface area contributed by atoms with Crippen LogP contribution in [0.25, 0.3) is 0 Å². The molecule has 0 saturated carbocycles. The average Bonchev–Trinajstić information content (AvgIpc) is 2.23. The maximum Gasteiger partial charge on any atom is 0.280 e. The van der Waals surface area contributed by atoms with Crippen LogP contribution in [0.15, 0.2) is 0 Å². The molecule has 0 aromatic heterocycles. The Bertz CT molecular complexity index is 446. The summed E-state index contributed by atoms with van der Waals surface area (Å²) < 4.78 is 5.29. The minimum Gasteiger partial charge on any atom is -0.494 e. The van der Waals surface area contributed by atoms with Crippen LogP contribution in [0.1, 0.15) is 16.7 Å². The standard InChI is InChI=1S/C11H14ClNO2S/c1-5-6(2)10(15-4)9(13-11(14)16)7(3)8(5)12/h1-4H3,(H2,13,14,16). The number of hydrogen-bond donors (Lipinski definition) is 2. The molecule has 5 heteroatoms. The van der Waals surface area contributed by atoms with Crippen LogP contribution in [-0.2, 0) is 0 Å². The highest BCUT2D eigenvalue weighted by Gasteiger charge is 2.17. The van der Waals surface area contributed by atoms with Gasteiger partial charge in [0.25, 0.3) is 5.24 Å². The first kappa shape index (κ1) is 13.2. The zero-order valence-corrected chi connectivity index (χ0v) is 11.3. The van der Waals surface area contributed by atoms with E-state index in [4.69, 9.17) is 16.3 Å². The highest BCUT2D eigenvalue weighted by atomic mass is 35.5. The van der Waals surface area contributed by atoms with Crippen molar-refractivity contribution in [3.05, 3.63) is 21.7 Å². The van der Waals surface area contributed by atoms with E-state index in [1.807, 2.05) is 20.8 Å². The Morgan fingerprint density at radius 1 is 1.25 bits per heavy atom. The smallest absolute Gasteiger partial charge is 0.280 e. The van der Waals surface area contributed by atoms with Crippen LogP contribution in [0.2, 0.25) is 5.02 Å². The summed E-state index contributed by atoms with van der Waals surface area (Å²) in [7, 11) is 1.56. The number of amides is 1. The number of ether oxygens (including phenoxy) is 1. The molecule has 16 heavy (non-hydrogen) atoms. The highest BCUT2D eigenvalue weighted by molar-refractivity contribution is 7.96. The van der Waals surface area contributed by atoms with Gasteiger partial charge in [0.1, 0.15) is 5.75 Å². The molecule has 0 bridgehead atoms. The lowest BCUT2D eigenvalue weighted by atomic mass is 10.0. The minimum absolute atomic E-state index is 0.444. The summed E-state index contributed by atoms with van der Waals surface area (Å²) in [6.45, 7) is 5.64. The number of methoxy groups -OCH3 is 1. The summed E-state index contributed by atoms with van der Waals surface area (Å²) in [5.41, 5.74) is 3.22. The van der Waals surface area contributed by atoms with Crippen LogP contribution >= 0.6 is 24.2 Å². The second-order valence-corrected chi connectivity index (χ2v) is 4.31.